The molecule has 0 spiro atoms. The fourth-order valence-corrected chi connectivity index (χ4v) is 3.86. The Morgan fingerprint density at radius 1 is 1.28 bits per heavy atom. The summed E-state index contributed by atoms with van der Waals surface area (Å²) in [7, 11) is 1.82. The summed E-state index contributed by atoms with van der Waals surface area (Å²) in [6.45, 7) is 8.64. The number of amides is 1. The van der Waals surface area contributed by atoms with Crippen LogP contribution < -0.4 is 10.6 Å². The third-order valence-electron chi connectivity index (χ3n) is 5.11. The number of rotatable bonds is 6. The van der Waals surface area contributed by atoms with Gasteiger partial charge in [0, 0.05) is 67.9 Å². The molecule has 0 aliphatic carbocycles. The van der Waals surface area contributed by atoms with E-state index in [1.54, 1.807) is 0 Å². The van der Waals surface area contributed by atoms with Gasteiger partial charge in [-0.3, -0.25) is 14.7 Å². The Balaban J connectivity index is 1.46. The fraction of sp³-hybridized carbons (Fsp3) is 0.524. The van der Waals surface area contributed by atoms with Crippen LogP contribution in [-0.2, 0) is 11.2 Å². The van der Waals surface area contributed by atoms with Crippen LogP contribution in [0, 0.1) is 0 Å². The first-order valence-electron chi connectivity index (χ1n) is 10.2. The van der Waals surface area contributed by atoms with Crippen molar-refractivity contribution in [2.75, 3.05) is 46.3 Å². The smallest absolute Gasteiger partial charge is 0.234 e. The van der Waals surface area contributed by atoms with Gasteiger partial charge in [0.05, 0.1) is 6.54 Å². The number of hydrogen-bond donors (Lipinski definition) is 3. The van der Waals surface area contributed by atoms with E-state index < -0.39 is 0 Å². The molecule has 0 radical (unpaired) electrons. The number of aromatic amines is 1. The highest BCUT2D eigenvalue weighted by Gasteiger charge is 2.21. The van der Waals surface area contributed by atoms with Gasteiger partial charge in [-0.1, -0.05) is 11.6 Å². The summed E-state index contributed by atoms with van der Waals surface area (Å²) in [5.41, 5.74) is 2.35. The molecule has 2 aromatic rings. The van der Waals surface area contributed by atoms with Crippen molar-refractivity contribution in [3.05, 3.63) is 35.0 Å². The SMILES string of the molecule is CN=C(NCCc1c[nH]c2ccc(Cl)cc12)N1CCN(CC(=O)NC(C)C)CC1. The Labute approximate surface area is 177 Å². The van der Waals surface area contributed by atoms with Crippen LogP contribution >= 0.6 is 11.6 Å². The quantitative estimate of drug-likeness (QED) is 0.496. The van der Waals surface area contributed by atoms with Crippen LogP contribution in [0.1, 0.15) is 19.4 Å². The lowest BCUT2D eigenvalue weighted by Crippen LogP contribution is -2.54. The Morgan fingerprint density at radius 3 is 2.72 bits per heavy atom. The largest absolute Gasteiger partial charge is 0.361 e. The Kier molecular flexibility index (Phi) is 7.39. The number of carbonyl (C=O) groups is 1. The Morgan fingerprint density at radius 2 is 2.03 bits per heavy atom. The number of fused-ring (bicyclic) bond motifs is 1. The number of aliphatic imine (C=N–C) groups is 1. The van der Waals surface area contributed by atoms with Gasteiger partial charge in [0.2, 0.25) is 5.91 Å². The molecule has 1 aromatic heterocycles. The highest BCUT2D eigenvalue weighted by molar-refractivity contribution is 6.31. The number of guanidine groups is 1. The van der Waals surface area contributed by atoms with Crippen LogP contribution in [0.5, 0.6) is 0 Å². The molecule has 158 valence electrons. The number of piperazine rings is 1. The van der Waals surface area contributed by atoms with Crippen LogP contribution in [0.15, 0.2) is 29.4 Å². The maximum absolute atomic E-state index is 11.9. The molecule has 0 atom stereocenters. The van der Waals surface area contributed by atoms with E-state index in [-0.39, 0.29) is 11.9 Å². The van der Waals surface area contributed by atoms with Crippen molar-refractivity contribution in [1.29, 1.82) is 0 Å². The normalized spacial score (nSPS) is 15.9. The second-order valence-corrected chi connectivity index (χ2v) is 8.15. The molecule has 0 unspecified atom stereocenters. The van der Waals surface area contributed by atoms with Crippen molar-refractivity contribution in [3.63, 3.8) is 0 Å². The molecule has 1 saturated heterocycles. The first-order valence-corrected chi connectivity index (χ1v) is 10.6. The van der Waals surface area contributed by atoms with Crippen LogP contribution in [0.2, 0.25) is 5.02 Å². The summed E-state index contributed by atoms with van der Waals surface area (Å²) >= 11 is 6.14. The van der Waals surface area contributed by atoms with Crippen molar-refractivity contribution in [3.8, 4) is 0 Å². The van der Waals surface area contributed by atoms with E-state index in [1.165, 1.54) is 10.9 Å². The lowest BCUT2D eigenvalue weighted by molar-refractivity contribution is -0.123. The molecule has 1 aromatic carbocycles. The van der Waals surface area contributed by atoms with Gasteiger partial charge in [0.15, 0.2) is 5.96 Å². The topological polar surface area (TPSA) is 75.8 Å². The van der Waals surface area contributed by atoms with Gasteiger partial charge in [-0.25, -0.2) is 0 Å². The fourth-order valence-electron chi connectivity index (χ4n) is 3.69. The average Bonchev–Trinajstić information content (AvgIpc) is 3.07. The van der Waals surface area contributed by atoms with Crippen molar-refractivity contribution >= 4 is 34.4 Å². The summed E-state index contributed by atoms with van der Waals surface area (Å²) in [5.74, 6) is 1.00. The molecule has 3 N–H and O–H groups in total. The molecule has 0 bridgehead atoms. The van der Waals surface area contributed by atoms with E-state index in [2.05, 4.69) is 30.4 Å². The van der Waals surface area contributed by atoms with Crippen molar-refractivity contribution < 1.29 is 4.79 Å². The highest BCUT2D eigenvalue weighted by Crippen LogP contribution is 2.22. The van der Waals surface area contributed by atoms with Gasteiger partial charge in [-0.2, -0.15) is 0 Å². The molecule has 29 heavy (non-hydrogen) atoms. The molecule has 0 saturated carbocycles. The molecule has 1 fully saturated rings. The second-order valence-electron chi connectivity index (χ2n) is 7.71. The van der Waals surface area contributed by atoms with Gasteiger partial charge >= 0.3 is 0 Å². The summed E-state index contributed by atoms with van der Waals surface area (Å²) in [4.78, 5) is 24.1. The maximum Gasteiger partial charge on any atom is 0.234 e. The third-order valence-corrected chi connectivity index (χ3v) is 5.34. The number of nitrogens with zero attached hydrogens (tertiary/aromatic N) is 3. The molecule has 1 aliphatic heterocycles. The average molecular weight is 419 g/mol. The summed E-state index contributed by atoms with van der Waals surface area (Å²) < 4.78 is 0. The van der Waals surface area contributed by atoms with Gasteiger partial charge < -0.3 is 20.5 Å². The van der Waals surface area contributed by atoms with Gasteiger partial charge in [-0.05, 0) is 44.0 Å². The first kappa shape index (κ1) is 21.5. The van der Waals surface area contributed by atoms with E-state index in [0.717, 1.165) is 55.6 Å². The zero-order valence-electron chi connectivity index (χ0n) is 17.5. The van der Waals surface area contributed by atoms with Crippen molar-refractivity contribution in [2.24, 2.45) is 4.99 Å². The van der Waals surface area contributed by atoms with Crippen molar-refractivity contribution in [2.45, 2.75) is 26.3 Å². The second kappa shape index (κ2) is 9.98. The van der Waals surface area contributed by atoms with E-state index in [4.69, 9.17) is 11.6 Å². The minimum Gasteiger partial charge on any atom is -0.361 e. The lowest BCUT2D eigenvalue weighted by Gasteiger charge is -2.36. The van der Waals surface area contributed by atoms with Crippen LogP contribution in [0.3, 0.4) is 0 Å². The van der Waals surface area contributed by atoms with Gasteiger partial charge in [0.25, 0.3) is 0 Å². The molecule has 1 aliphatic rings. The van der Waals surface area contributed by atoms with Crippen LogP contribution in [-0.4, -0.2) is 79.0 Å². The molecule has 7 nitrogen and oxygen atoms in total. The molecule has 8 heteroatoms. The van der Waals surface area contributed by atoms with Crippen molar-refractivity contribution in [1.82, 2.24) is 25.4 Å². The zero-order chi connectivity index (χ0) is 20.8. The van der Waals surface area contributed by atoms with Crippen LogP contribution in [0.25, 0.3) is 10.9 Å². The zero-order valence-corrected chi connectivity index (χ0v) is 18.2. The monoisotopic (exact) mass is 418 g/mol. The Hall–Kier alpha value is -2.25. The number of hydrogen-bond acceptors (Lipinski definition) is 3. The maximum atomic E-state index is 11.9. The lowest BCUT2D eigenvalue weighted by atomic mass is 10.1. The highest BCUT2D eigenvalue weighted by atomic mass is 35.5. The number of nitrogens with one attached hydrogen (secondary N) is 3. The minimum absolute atomic E-state index is 0.0924. The van der Waals surface area contributed by atoms with Crippen LogP contribution in [0.4, 0.5) is 0 Å². The summed E-state index contributed by atoms with van der Waals surface area (Å²) in [6.07, 6.45) is 2.93. The molecular weight excluding hydrogens is 388 g/mol. The molecule has 2 heterocycles. The van der Waals surface area contributed by atoms with Gasteiger partial charge in [-0.15, -0.1) is 0 Å². The molecule has 1 amide bonds. The van der Waals surface area contributed by atoms with E-state index in [9.17, 15) is 4.79 Å². The summed E-state index contributed by atoms with van der Waals surface area (Å²) in [5, 5.41) is 8.34. The summed E-state index contributed by atoms with van der Waals surface area (Å²) in [6, 6.07) is 6.09. The number of carbonyl (C=O) groups excluding carboxylic acids is 1. The molecular formula is C21H31ClN6O. The number of H-pyrrole nitrogens is 1. The third kappa shape index (κ3) is 5.87. The Bertz CT molecular complexity index is 854. The number of aromatic nitrogens is 1. The van der Waals surface area contributed by atoms with E-state index >= 15 is 0 Å². The predicted molar refractivity (Wildman–Crippen MR) is 120 cm³/mol. The molecule has 3 rings (SSSR count). The first-order chi connectivity index (χ1) is 14.0. The standard InChI is InChI=1S/C21H31ClN6O/c1-15(2)26-20(29)14-27-8-10-28(11-9-27)21(23-3)24-7-6-16-13-25-19-5-4-17(22)12-18(16)19/h4-5,12-13,15,25H,6-11,14H2,1-3H3,(H,23,24)(H,26,29). The minimum atomic E-state index is 0.0924. The van der Waals surface area contributed by atoms with Gasteiger partial charge in [0.1, 0.15) is 0 Å². The number of halogens is 1. The van der Waals surface area contributed by atoms with E-state index in [0.29, 0.717) is 6.54 Å². The predicted octanol–water partition coefficient (Wildman–Crippen LogP) is 2.08. The van der Waals surface area contributed by atoms with E-state index in [1.807, 2.05) is 45.3 Å². The number of benzene rings is 1.